The molecule has 8 nitrogen and oxygen atoms in total. The largest absolute Gasteiger partial charge is 0.397 e. The van der Waals surface area contributed by atoms with Gasteiger partial charge >= 0.3 is 10.4 Å². The van der Waals surface area contributed by atoms with Crippen LogP contribution in [-0.4, -0.2) is 80.8 Å². The van der Waals surface area contributed by atoms with Gasteiger partial charge in [-0.2, -0.15) is 8.42 Å². The van der Waals surface area contributed by atoms with E-state index in [2.05, 4.69) is 11.1 Å². The smallest absolute Gasteiger partial charge is 0.395 e. The predicted molar refractivity (Wildman–Crippen MR) is 116 cm³/mol. The standard InChI is InChI=1S/C18H39NO3.C2H6O4S/c1-3-4-5-6-7-8-9-10-11-12-15-22-17-18(21)16-19(2)13-14-20;1-2-6-7(3,4)5/h18,20-21H,3-17H2,1-2H3;2H2,1H3,(H,3,4,5). The van der Waals surface area contributed by atoms with E-state index < -0.39 is 16.5 Å². The van der Waals surface area contributed by atoms with Crippen molar-refractivity contribution in [2.24, 2.45) is 0 Å². The lowest BCUT2D eigenvalue weighted by atomic mass is 10.1. The van der Waals surface area contributed by atoms with Crippen LogP contribution in [0.25, 0.3) is 0 Å². The van der Waals surface area contributed by atoms with E-state index >= 15 is 0 Å². The molecule has 0 aliphatic heterocycles. The summed E-state index contributed by atoms with van der Waals surface area (Å²) in [7, 11) is -2.28. The number of hydrogen-bond acceptors (Lipinski definition) is 7. The van der Waals surface area contributed by atoms with Gasteiger partial charge in [0.25, 0.3) is 0 Å². The van der Waals surface area contributed by atoms with Crippen molar-refractivity contribution in [3.05, 3.63) is 0 Å². The number of aliphatic hydroxyl groups excluding tert-OH is 2. The van der Waals surface area contributed by atoms with E-state index in [1.165, 1.54) is 64.7 Å². The van der Waals surface area contributed by atoms with Crippen LogP contribution in [0, 0.1) is 0 Å². The molecular weight excluding hydrogens is 398 g/mol. The fraction of sp³-hybridized carbons (Fsp3) is 1.00. The van der Waals surface area contributed by atoms with Crippen LogP contribution in [0.1, 0.15) is 78.1 Å². The molecule has 0 radical (unpaired) electrons. The minimum Gasteiger partial charge on any atom is -0.395 e. The average molecular weight is 444 g/mol. The third kappa shape index (κ3) is 30.0. The number of unbranched alkanes of at least 4 members (excludes halogenated alkanes) is 9. The molecule has 0 rings (SSSR count). The molecule has 1 unspecified atom stereocenters. The number of ether oxygens (including phenoxy) is 1. The van der Waals surface area contributed by atoms with Crippen LogP contribution in [-0.2, 0) is 19.3 Å². The maximum atomic E-state index is 9.76. The van der Waals surface area contributed by atoms with Gasteiger partial charge in [0.05, 0.1) is 25.9 Å². The van der Waals surface area contributed by atoms with Crippen molar-refractivity contribution in [2.45, 2.75) is 84.2 Å². The summed E-state index contributed by atoms with van der Waals surface area (Å²) in [5, 5.41) is 18.5. The van der Waals surface area contributed by atoms with Gasteiger partial charge in [-0.05, 0) is 20.4 Å². The molecule has 29 heavy (non-hydrogen) atoms. The number of rotatable bonds is 19. The van der Waals surface area contributed by atoms with Gasteiger partial charge in [-0.1, -0.05) is 64.7 Å². The Hall–Kier alpha value is -0.290. The van der Waals surface area contributed by atoms with Crippen LogP contribution in [0.3, 0.4) is 0 Å². The second-order valence-corrected chi connectivity index (χ2v) is 8.32. The zero-order valence-corrected chi connectivity index (χ0v) is 19.5. The third-order valence-corrected chi connectivity index (χ3v) is 4.76. The molecule has 9 heteroatoms. The second-order valence-electron chi connectivity index (χ2n) is 7.23. The normalized spacial score (nSPS) is 12.7. The highest BCUT2D eigenvalue weighted by Gasteiger charge is 2.07. The molecule has 0 aromatic heterocycles. The van der Waals surface area contributed by atoms with Gasteiger partial charge in [-0.15, -0.1) is 0 Å². The molecule has 178 valence electrons. The third-order valence-electron chi connectivity index (χ3n) is 4.22. The van der Waals surface area contributed by atoms with Crippen LogP contribution in [0.5, 0.6) is 0 Å². The van der Waals surface area contributed by atoms with E-state index in [1.807, 2.05) is 11.9 Å². The summed E-state index contributed by atoms with van der Waals surface area (Å²) in [5.74, 6) is 0. The van der Waals surface area contributed by atoms with Crippen molar-refractivity contribution in [2.75, 3.05) is 46.6 Å². The number of hydrogen-bond donors (Lipinski definition) is 3. The molecule has 0 spiro atoms. The zero-order valence-electron chi connectivity index (χ0n) is 18.7. The molecule has 3 N–H and O–H groups in total. The molecular formula is C20H45NO7S. The highest BCUT2D eigenvalue weighted by atomic mass is 32.3. The predicted octanol–water partition coefficient (Wildman–Crippen LogP) is 3.03. The van der Waals surface area contributed by atoms with Crippen molar-refractivity contribution < 1.29 is 32.1 Å². The Morgan fingerprint density at radius 2 is 1.45 bits per heavy atom. The first-order valence-corrected chi connectivity index (χ1v) is 12.3. The first-order chi connectivity index (χ1) is 13.8. The zero-order chi connectivity index (χ0) is 22.4. The summed E-state index contributed by atoms with van der Waals surface area (Å²) in [5.41, 5.74) is 0. The van der Waals surface area contributed by atoms with Gasteiger partial charge in [-0.25, -0.2) is 4.18 Å². The molecule has 1 atom stereocenters. The molecule has 0 aromatic rings. The lowest BCUT2D eigenvalue weighted by Crippen LogP contribution is -2.33. The highest BCUT2D eigenvalue weighted by molar-refractivity contribution is 7.80. The van der Waals surface area contributed by atoms with Crippen molar-refractivity contribution in [3.8, 4) is 0 Å². The first-order valence-electron chi connectivity index (χ1n) is 10.9. The Kier molecular flexibility index (Phi) is 23.9. The highest BCUT2D eigenvalue weighted by Crippen LogP contribution is 2.10. The van der Waals surface area contributed by atoms with Gasteiger partial charge in [0.1, 0.15) is 0 Å². The average Bonchev–Trinajstić information content (AvgIpc) is 2.62. The number of likely N-dealkylation sites (N-methyl/N-ethyl adjacent to an activating group) is 1. The van der Waals surface area contributed by atoms with E-state index in [9.17, 15) is 13.5 Å². The van der Waals surface area contributed by atoms with Crippen molar-refractivity contribution in [1.82, 2.24) is 4.90 Å². The van der Waals surface area contributed by atoms with Crippen molar-refractivity contribution in [1.29, 1.82) is 0 Å². The van der Waals surface area contributed by atoms with Gasteiger partial charge in [-0.3, -0.25) is 4.55 Å². The Balaban J connectivity index is 0. The van der Waals surface area contributed by atoms with Crippen LogP contribution in [0.2, 0.25) is 0 Å². The SMILES string of the molecule is CCCCCCCCCCCCOCC(O)CN(C)CCO.CCOS(=O)(=O)O. The number of nitrogens with zero attached hydrogens (tertiary/aromatic N) is 1. The monoisotopic (exact) mass is 443 g/mol. The fourth-order valence-electron chi connectivity index (χ4n) is 2.73. The Labute approximate surface area is 178 Å². The molecule has 0 fully saturated rings. The molecule has 0 bridgehead atoms. The number of aliphatic hydroxyl groups is 2. The van der Waals surface area contributed by atoms with E-state index in [4.69, 9.17) is 14.4 Å². The lowest BCUT2D eigenvalue weighted by Gasteiger charge is -2.19. The Morgan fingerprint density at radius 1 is 0.931 bits per heavy atom. The van der Waals surface area contributed by atoms with E-state index in [1.54, 1.807) is 0 Å². The first kappa shape index (κ1) is 30.9. The summed E-state index contributed by atoms with van der Waals surface area (Å²) < 4.78 is 36.2. The van der Waals surface area contributed by atoms with E-state index in [0.717, 1.165) is 13.0 Å². The molecule has 0 aromatic carbocycles. The minimum absolute atomic E-state index is 0.0289. The summed E-state index contributed by atoms with van der Waals surface area (Å²) in [6, 6.07) is 0. The topological polar surface area (TPSA) is 117 Å². The maximum absolute atomic E-state index is 9.76. The van der Waals surface area contributed by atoms with E-state index in [-0.39, 0.29) is 13.2 Å². The minimum atomic E-state index is -4.17. The van der Waals surface area contributed by atoms with Gasteiger partial charge in [0, 0.05) is 19.7 Å². The summed E-state index contributed by atoms with van der Waals surface area (Å²) in [6.45, 7) is 6.11. The molecule has 0 heterocycles. The lowest BCUT2D eigenvalue weighted by molar-refractivity contribution is 0.0176. The second kappa shape index (κ2) is 22.4. The fourth-order valence-corrected chi connectivity index (χ4v) is 3.03. The van der Waals surface area contributed by atoms with Crippen LogP contribution in [0.15, 0.2) is 0 Å². The maximum Gasteiger partial charge on any atom is 0.397 e. The molecule has 0 aliphatic rings. The van der Waals surface area contributed by atoms with E-state index in [0.29, 0.717) is 19.7 Å². The van der Waals surface area contributed by atoms with Gasteiger partial charge in [0.15, 0.2) is 0 Å². The summed E-state index contributed by atoms with van der Waals surface area (Å²) in [4.78, 5) is 1.91. The van der Waals surface area contributed by atoms with Crippen LogP contribution >= 0.6 is 0 Å². The molecule has 0 amide bonds. The quantitative estimate of drug-likeness (QED) is 0.206. The van der Waals surface area contributed by atoms with Gasteiger partial charge < -0.3 is 19.8 Å². The molecule has 0 aliphatic carbocycles. The van der Waals surface area contributed by atoms with Crippen LogP contribution < -0.4 is 0 Å². The summed E-state index contributed by atoms with van der Waals surface area (Å²) >= 11 is 0. The molecule has 0 saturated heterocycles. The summed E-state index contributed by atoms with van der Waals surface area (Å²) in [6.07, 6.45) is 12.8. The van der Waals surface area contributed by atoms with Crippen molar-refractivity contribution in [3.63, 3.8) is 0 Å². The molecule has 0 saturated carbocycles. The van der Waals surface area contributed by atoms with Crippen molar-refractivity contribution >= 4 is 10.4 Å². The Bertz CT molecular complexity index is 421. The van der Waals surface area contributed by atoms with Gasteiger partial charge in [0.2, 0.25) is 0 Å². The van der Waals surface area contributed by atoms with Crippen LogP contribution in [0.4, 0.5) is 0 Å². The Morgan fingerprint density at radius 3 is 1.86 bits per heavy atom.